The van der Waals surface area contributed by atoms with E-state index in [9.17, 15) is 14.4 Å². The lowest BCUT2D eigenvalue weighted by molar-refractivity contribution is -0.136. The van der Waals surface area contributed by atoms with E-state index in [1.54, 1.807) is 4.90 Å². The third-order valence-electron chi connectivity index (χ3n) is 6.73. The Morgan fingerprint density at radius 3 is 2.44 bits per heavy atom. The molecule has 1 unspecified atom stereocenters. The van der Waals surface area contributed by atoms with Crippen molar-refractivity contribution in [1.29, 1.82) is 0 Å². The van der Waals surface area contributed by atoms with E-state index in [-0.39, 0.29) is 36.1 Å². The Balaban J connectivity index is 1.38. The van der Waals surface area contributed by atoms with E-state index in [0.717, 1.165) is 29.3 Å². The quantitative estimate of drug-likeness (QED) is 0.630. The molecule has 0 spiro atoms. The van der Waals surface area contributed by atoms with Crippen LogP contribution in [0.5, 0.6) is 0 Å². The molecular weight excluding hydrogens is 428 g/mol. The third kappa shape index (κ3) is 4.83. The van der Waals surface area contributed by atoms with Gasteiger partial charge in [0, 0.05) is 43.0 Å². The number of H-pyrrole nitrogens is 1. The average Bonchev–Trinajstić information content (AvgIpc) is 3.62. The van der Waals surface area contributed by atoms with E-state index < -0.39 is 0 Å². The summed E-state index contributed by atoms with van der Waals surface area (Å²) in [7, 11) is 0. The molecule has 0 radical (unpaired) electrons. The number of hydrogen-bond acceptors (Lipinski definition) is 3. The monoisotopic (exact) mass is 458 g/mol. The summed E-state index contributed by atoms with van der Waals surface area (Å²) in [4.78, 5) is 46.3. The summed E-state index contributed by atoms with van der Waals surface area (Å²) in [5, 5.41) is 3.96. The van der Waals surface area contributed by atoms with Gasteiger partial charge >= 0.3 is 0 Å². The first-order chi connectivity index (χ1) is 16.6. The first-order valence-electron chi connectivity index (χ1n) is 12.1. The van der Waals surface area contributed by atoms with Gasteiger partial charge in [-0.25, -0.2) is 0 Å². The third-order valence-corrected chi connectivity index (χ3v) is 6.73. The number of amides is 3. The Bertz CT molecular complexity index is 1150. The van der Waals surface area contributed by atoms with Gasteiger partial charge in [0.2, 0.25) is 11.8 Å². The van der Waals surface area contributed by atoms with Crippen LogP contribution >= 0.6 is 0 Å². The highest BCUT2D eigenvalue weighted by atomic mass is 16.2. The van der Waals surface area contributed by atoms with Crippen LogP contribution in [-0.4, -0.2) is 58.7 Å². The van der Waals surface area contributed by atoms with Gasteiger partial charge in [-0.3, -0.25) is 14.4 Å². The first kappa shape index (κ1) is 22.2. The molecule has 2 aliphatic rings. The minimum Gasteiger partial charge on any atom is -0.354 e. The van der Waals surface area contributed by atoms with Crippen LogP contribution in [0.15, 0.2) is 60.7 Å². The van der Waals surface area contributed by atoms with Gasteiger partial charge < -0.3 is 20.1 Å². The topological polar surface area (TPSA) is 85.5 Å². The predicted molar refractivity (Wildman–Crippen MR) is 130 cm³/mol. The van der Waals surface area contributed by atoms with Crippen LogP contribution in [-0.2, 0) is 9.59 Å². The van der Waals surface area contributed by atoms with Crippen LogP contribution in [0, 0.1) is 5.92 Å². The summed E-state index contributed by atoms with van der Waals surface area (Å²) in [5.41, 5.74) is 2.43. The molecule has 1 saturated heterocycles. The highest BCUT2D eigenvalue weighted by Gasteiger charge is 2.37. The number of nitrogens with one attached hydrogen (secondary N) is 2. The lowest BCUT2D eigenvalue weighted by atomic mass is 10.0. The molecule has 34 heavy (non-hydrogen) atoms. The van der Waals surface area contributed by atoms with Gasteiger partial charge in [0.15, 0.2) is 0 Å². The Morgan fingerprint density at radius 1 is 0.912 bits per heavy atom. The second-order valence-electron chi connectivity index (χ2n) is 9.20. The Kier molecular flexibility index (Phi) is 6.34. The minimum atomic E-state index is -0.301. The maximum Gasteiger partial charge on any atom is 0.270 e. The molecule has 3 amide bonds. The Morgan fingerprint density at radius 2 is 1.68 bits per heavy atom. The fourth-order valence-electron chi connectivity index (χ4n) is 4.75. The summed E-state index contributed by atoms with van der Waals surface area (Å²) in [6, 6.07) is 19.2. The normalized spacial score (nSPS) is 20.0. The highest BCUT2D eigenvalue weighted by molar-refractivity contribution is 5.98. The molecule has 1 aromatic heterocycles. The van der Waals surface area contributed by atoms with Crippen molar-refractivity contribution >= 4 is 28.6 Å². The van der Waals surface area contributed by atoms with E-state index in [1.165, 1.54) is 0 Å². The van der Waals surface area contributed by atoms with Gasteiger partial charge in [-0.2, -0.15) is 0 Å². The van der Waals surface area contributed by atoms with E-state index in [1.807, 2.05) is 65.6 Å². The summed E-state index contributed by atoms with van der Waals surface area (Å²) in [6.45, 7) is 1.83. The van der Waals surface area contributed by atoms with Crippen molar-refractivity contribution in [2.45, 2.75) is 31.7 Å². The molecule has 7 heteroatoms. The van der Waals surface area contributed by atoms with Crippen molar-refractivity contribution in [2.24, 2.45) is 5.92 Å². The lowest BCUT2D eigenvalue weighted by Crippen LogP contribution is -2.39. The van der Waals surface area contributed by atoms with Crippen LogP contribution in [0.3, 0.4) is 0 Å². The van der Waals surface area contributed by atoms with E-state index in [0.29, 0.717) is 38.3 Å². The molecular formula is C27H30N4O3. The summed E-state index contributed by atoms with van der Waals surface area (Å²) in [5.74, 6) is -0.0235. The maximum atomic E-state index is 13.3. The molecule has 0 bridgehead atoms. The number of carbonyl (C=O) groups is 3. The predicted octanol–water partition coefficient (Wildman–Crippen LogP) is 3.50. The number of para-hydroxylation sites is 1. The number of carbonyl (C=O) groups excluding carboxylic acids is 3. The average molecular weight is 459 g/mol. The van der Waals surface area contributed by atoms with Gasteiger partial charge in [0.05, 0.1) is 12.5 Å². The maximum absolute atomic E-state index is 13.3. The van der Waals surface area contributed by atoms with Crippen LogP contribution in [0.1, 0.15) is 47.8 Å². The standard InChI is InChI=1S/C27H30N4O3/c32-25-18-24(19-7-2-1-3-8-19)31(26(33)20-11-12-20)15-6-14-30(16-13-28-25)27(34)23-17-21-9-4-5-10-22(21)29-23/h1-5,7-10,17,20,24,29H,6,11-16,18H2,(H,28,32). The van der Waals surface area contributed by atoms with E-state index in [2.05, 4.69) is 10.3 Å². The molecule has 2 aromatic carbocycles. The molecule has 2 heterocycles. The van der Waals surface area contributed by atoms with E-state index in [4.69, 9.17) is 0 Å². The molecule has 1 aliphatic carbocycles. The van der Waals surface area contributed by atoms with Crippen molar-refractivity contribution in [2.75, 3.05) is 26.2 Å². The molecule has 5 rings (SSSR count). The SMILES string of the molecule is O=C1CC(c2ccccc2)N(C(=O)C2CC2)CCCN(C(=O)c2cc3ccccc3[nH]2)CCN1. The number of fused-ring (bicyclic) bond motifs is 1. The number of nitrogens with zero attached hydrogens (tertiary/aromatic N) is 2. The van der Waals surface area contributed by atoms with Crippen LogP contribution in [0.2, 0.25) is 0 Å². The van der Waals surface area contributed by atoms with Gasteiger partial charge in [-0.15, -0.1) is 0 Å². The molecule has 1 aliphatic heterocycles. The lowest BCUT2D eigenvalue weighted by Gasteiger charge is -2.32. The van der Waals surface area contributed by atoms with Gasteiger partial charge in [0.25, 0.3) is 5.91 Å². The molecule has 2 N–H and O–H groups in total. The second-order valence-corrected chi connectivity index (χ2v) is 9.20. The second kappa shape index (κ2) is 9.71. The molecule has 7 nitrogen and oxygen atoms in total. The number of hydrogen-bond donors (Lipinski definition) is 2. The van der Waals surface area contributed by atoms with Gasteiger partial charge in [0.1, 0.15) is 5.69 Å². The number of aromatic nitrogens is 1. The number of benzene rings is 2. The smallest absolute Gasteiger partial charge is 0.270 e. The van der Waals surface area contributed by atoms with Crippen molar-refractivity contribution in [3.8, 4) is 0 Å². The van der Waals surface area contributed by atoms with Crippen LogP contribution in [0.25, 0.3) is 10.9 Å². The summed E-state index contributed by atoms with van der Waals surface area (Å²) >= 11 is 0. The van der Waals surface area contributed by atoms with Crippen molar-refractivity contribution < 1.29 is 14.4 Å². The largest absolute Gasteiger partial charge is 0.354 e. The zero-order valence-corrected chi connectivity index (χ0v) is 19.2. The highest BCUT2D eigenvalue weighted by Crippen LogP contribution is 2.35. The summed E-state index contributed by atoms with van der Waals surface area (Å²) < 4.78 is 0. The van der Waals surface area contributed by atoms with Crippen molar-refractivity contribution in [3.63, 3.8) is 0 Å². The van der Waals surface area contributed by atoms with Gasteiger partial charge in [-0.05, 0) is 37.0 Å². The molecule has 1 saturated carbocycles. The van der Waals surface area contributed by atoms with Gasteiger partial charge in [-0.1, -0.05) is 48.5 Å². The zero-order valence-electron chi connectivity index (χ0n) is 19.2. The minimum absolute atomic E-state index is 0.0588. The Hall–Kier alpha value is -3.61. The van der Waals surface area contributed by atoms with E-state index >= 15 is 0 Å². The summed E-state index contributed by atoms with van der Waals surface area (Å²) in [6.07, 6.45) is 2.70. The molecule has 3 aromatic rings. The molecule has 1 atom stereocenters. The molecule has 176 valence electrons. The first-order valence-corrected chi connectivity index (χ1v) is 12.1. The van der Waals surface area contributed by atoms with Crippen LogP contribution in [0.4, 0.5) is 0 Å². The van der Waals surface area contributed by atoms with Crippen molar-refractivity contribution in [1.82, 2.24) is 20.1 Å². The van der Waals surface area contributed by atoms with Crippen molar-refractivity contribution in [3.05, 3.63) is 71.9 Å². The fraction of sp³-hybridized carbons (Fsp3) is 0.370. The molecule has 2 fully saturated rings. The number of aromatic amines is 1. The Labute approximate surface area is 199 Å². The van der Waals surface area contributed by atoms with Crippen LogP contribution < -0.4 is 5.32 Å². The number of rotatable bonds is 3. The zero-order chi connectivity index (χ0) is 23.5. The fourth-order valence-corrected chi connectivity index (χ4v) is 4.75.